The highest BCUT2D eigenvalue weighted by Gasteiger charge is 2.59. The minimum absolute atomic E-state index is 0.283. The summed E-state index contributed by atoms with van der Waals surface area (Å²) in [5.74, 6) is 0.226. The maximum absolute atomic E-state index is 13.7. The van der Waals surface area contributed by atoms with Gasteiger partial charge in [-0.05, 0) is 31.0 Å². The number of cyclic esters (lactones) is 1. The van der Waals surface area contributed by atoms with Crippen molar-refractivity contribution in [1.82, 2.24) is 9.80 Å². The van der Waals surface area contributed by atoms with Crippen molar-refractivity contribution < 1.29 is 19.4 Å². The van der Waals surface area contributed by atoms with E-state index < -0.39 is 16.6 Å². The number of unbranched alkanes of at least 4 members (excludes halogenated alkanes) is 1. The molecule has 2 aliphatic heterocycles. The number of benzene rings is 2. The molecule has 2 heterocycles. The Kier molecular flexibility index (Phi) is 8.09. The first-order chi connectivity index (χ1) is 16.5. The molecule has 2 fully saturated rings. The van der Waals surface area contributed by atoms with Gasteiger partial charge in [-0.2, -0.15) is 0 Å². The van der Waals surface area contributed by atoms with Crippen LogP contribution < -0.4 is 0 Å². The van der Waals surface area contributed by atoms with Crippen molar-refractivity contribution in [2.75, 3.05) is 33.2 Å². The van der Waals surface area contributed by atoms with Crippen LogP contribution in [0.2, 0.25) is 0 Å². The Morgan fingerprint density at radius 2 is 1.71 bits per heavy atom. The van der Waals surface area contributed by atoms with E-state index in [0.29, 0.717) is 38.1 Å². The van der Waals surface area contributed by atoms with Crippen molar-refractivity contribution in [3.8, 4) is 0 Å². The van der Waals surface area contributed by atoms with Crippen molar-refractivity contribution in [1.29, 1.82) is 0 Å². The first-order valence-corrected chi connectivity index (χ1v) is 13.1. The van der Waals surface area contributed by atoms with Crippen LogP contribution in [-0.4, -0.2) is 71.4 Å². The molecule has 2 aliphatic rings. The molecule has 7 heteroatoms. The molecule has 3 unspecified atom stereocenters. The van der Waals surface area contributed by atoms with Crippen molar-refractivity contribution in [3.63, 3.8) is 0 Å². The van der Waals surface area contributed by atoms with Crippen LogP contribution in [0.3, 0.4) is 0 Å². The smallest absolute Gasteiger partial charge is 0.324 e. The van der Waals surface area contributed by atoms with Gasteiger partial charge in [-0.3, -0.25) is 9.69 Å². The zero-order valence-electron chi connectivity index (χ0n) is 19.8. The summed E-state index contributed by atoms with van der Waals surface area (Å²) in [5, 5.41) is 11.6. The van der Waals surface area contributed by atoms with Crippen LogP contribution in [0, 0.1) is 0 Å². The van der Waals surface area contributed by atoms with E-state index in [0.717, 1.165) is 30.5 Å². The molecule has 4 rings (SSSR count). The highest BCUT2D eigenvalue weighted by atomic mass is 32.2. The van der Waals surface area contributed by atoms with E-state index in [1.165, 1.54) is 11.8 Å². The predicted octanol–water partition coefficient (Wildman–Crippen LogP) is 3.44. The molecule has 0 aliphatic carbocycles. The molecule has 0 radical (unpaired) electrons. The number of carbonyl (C=O) groups is 2. The Morgan fingerprint density at radius 3 is 2.35 bits per heavy atom. The molecule has 34 heavy (non-hydrogen) atoms. The van der Waals surface area contributed by atoms with E-state index in [1.807, 2.05) is 60.7 Å². The van der Waals surface area contributed by atoms with Gasteiger partial charge in [0.05, 0.1) is 0 Å². The fourth-order valence-corrected chi connectivity index (χ4v) is 6.30. The second kappa shape index (κ2) is 11.0. The quantitative estimate of drug-likeness (QED) is 0.334. The monoisotopic (exact) mass is 482 g/mol. The first kappa shape index (κ1) is 24.9. The van der Waals surface area contributed by atoms with E-state index in [2.05, 4.69) is 16.8 Å². The summed E-state index contributed by atoms with van der Waals surface area (Å²) >= 11 is 1.45. The lowest BCUT2D eigenvalue weighted by Gasteiger charge is -2.54. The van der Waals surface area contributed by atoms with E-state index in [1.54, 1.807) is 0 Å². The normalized spacial score (nSPS) is 28.4. The summed E-state index contributed by atoms with van der Waals surface area (Å²) in [7, 11) is 2.08. The van der Waals surface area contributed by atoms with Gasteiger partial charge >= 0.3 is 5.97 Å². The third-order valence-corrected chi connectivity index (χ3v) is 8.39. The van der Waals surface area contributed by atoms with Gasteiger partial charge < -0.3 is 19.5 Å². The predicted molar refractivity (Wildman–Crippen MR) is 134 cm³/mol. The number of piperazine rings is 1. The molecule has 0 spiro atoms. The van der Waals surface area contributed by atoms with E-state index in [9.17, 15) is 14.7 Å². The summed E-state index contributed by atoms with van der Waals surface area (Å²) in [6, 6.07) is 19.7. The van der Waals surface area contributed by atoms with E-state index in [4.69, 9.17) is 4.74 Å². The molecule has 3 atom stereocenters. The minimum Gasteiger partial charge on any atom is -0.453 e. The lowest BCUT2D eigenvalue weighted by Crippen LogP contribution is -2.68. The second-order valence-corrected chi connectivity index (χ2v) is 10.5. The second-order valence-electron chi connectivity index (χ2n) is 9.36. The fourth-order valence-electron chi connectivity index (χ4n) is 5.07. The Labute approximate surface area is 206 Å². The zero-order chi connectivity index (χ0) is 24.0. The number of aldehydes is 1. The van der Waals surface area contributed by atoms with Crippen molar-refractivity contribution in [2.24, 2.45) is 0 Å². The molecule has 0 bridgehead atoms. The summed E-state index contributed by atoms with van der Waals surface area (Å²) in [4.78, 5) is 29.0. The van der Waals surface area contributed by atoms with Gasteiger partial charge in [-0.25, -0.2) is 0 Å². The summed E-state index contributed by atoms with van der Waals surface area (Å²) < 4.78 is 6.24. The Morgan fingerprint density at radius 1 is 1.06 bits per heavy atom. The van der Waals surface area contributed by atoms with E-state index in [-0.39, 0.29) is 12.4 Å². The zero-order valence-corrected chi connectivity index (χ0v) is 20.6. The van der Waals surface area contributed by atoms with Gasteiger partial charge in [-0.1, -0.05) is 60.7 Å². The summed E-state index contributed by atoms with van der Waals surface area (Å²) in [6.45, 7) is 3.03. The number of carbonyl (C=O) groups excluding carboxylic acids is 2. The Bertz CT molecular complexity index is 952. The van der Waals surface area contributed by atoms with E-state index >= 15 is 0 Å². The number of thioether (sulfide) groups is 1. The molecular weight excluding hydrogens is 448 g/mol. The first-order valence-electron chi connectivity index (χ1n) is 12.0. The number of hydrogen-bond acceptors (Lipinski definition) is 7. The van der Waals surface area contributed by atoms with Gasteiger partial charge in [0.25, 0.3) is 0 Å². The molecule has 0 saturated carbocycles. The number of aliphatic hydroxyl groups is 1. The van der Waals surface area contributed by atoms with Gasteiger partial charge in [0.15, 0.2) is 0 Å². The number of hydrogen-bond donors (Lipinski definition) is 1. The Balaban J connectivity index is 1.68. The molecule has 1 N–H and O–H groups in total. The maximum atomic E-state index is 13.7. The number of likely N-dealkylation sites (N-methyl/N-ethyl adjacent to an activating group) is 1. The minimum atomic E-state index is -1.35. The van der Waals surface area contributed by atoms with Crippen LogP contribution in [0.5, 0.6) is 0 Å². The highest BCUT2D eigenvalue weighted by molar-refractivity contribution is 7.99. The van der Waals surface area contributed by atoms with Gasteiger partial charge in [-0.15, -0.1) is 11.8 Å². The van der Waals surface area contributed by atoms with Crippen LogP contribution in [0.1, 0.15) is 36.8 Å². The molecular formula is C27H34N2O4S. The largest absolute Gasteiger partial charge is 0.453 e. The maximum Gasteiger partial charge on any atom is 0.324 e. The average molecular weight is 483 g/mol. The van der Waals surface area contributed by atoms with Crippen molar-refractivity contribution in [2.45, 2.75) is 48.0 Å². The van der Waals surface area contributed by atoms with Crippen molar-refractivity contribution >= 4 is 24.0 Å². The average Bonchev–Trinajstić information content (AvgIpc) is 2.85. The van der Waals surface area contributed by atoms with Gasteiger partial charge in [0, 0.05) is 44.8 Å². The molecule has 182 valence electrons. The number of nitrogens with zero attached hydrogens (tertiary/aromatic N) is 2. The van der Waals surface area contributed by atoms with Gasteiger partial charge in [0.2, 0.25) is 0 Å². The van der Waals surface area contributed by atoms with Crippen LogP contribution in [0.4, 0.5) is 0 Å². The highest BCUT2D eigenvalue weighted by Crippen LogP contribution is 2.49. The molecule has 2 aromatic carbocycles. The topological polar surface area (TPSA) is 70.1 Å². The lowest BCUT2D eigenvalue weighted by atomic mass is 9.77. The van der Waals surface area contributed by atoms with Crippen molar-refractivity contribution in [3.05, 3.63) is 71.8 Å². The molecule has 0 aromatic heterocycles. The number of ether oxygens (including phenoxy) is 1. The molecule has 2 saturated heterocycles. The van der Waals surface area contributed by atoms with Crippen LogP contribution in [-0.2, 0) is 25.7 Å². The number of rotatable bonds is 9. The third-order valence-electron chi connectivity index (χ3n) is 6.99. The standard InChI is InChI=1S/C27H34N2O4S/c1-28-15-17-29(18-16-28)27(32)21-26(14-8-9-19-30,23-12-6-3-7-13-23)33-25(31)24(27)34-20-22-10-4-2-5-11-22/h2-7,10-13,19,24,32H,8-9,14-18,20-21H2,1H3. The van der Waals surface area contributed by atoms with Gasteiger partial charge in [0.1, 0.15) is 22.9 Å². The van der Waals surface area contributed by atoms with Crippen LogP contribution in [0.25, 0.3) is 0 Å². The van der Waals surface area contributed by atoms with Crippen LogP contribution in [0.15, 0.2) is 60.7 Å². The molecule has 2 aromatic rings. The summed E-state index contributed by atoms with van der Waals surface area (Å²) in [6.07, 6.45) is 2.66. The molecule has 6 nitrogen and oxygen atoms in total. The third kappa shape index (κ3) is 5.38. The Hall–Kier alpha value is -2.19. The number of esters is 1. The SMILES string of the molecule is CN1CCN(C2(O)CC(CCCC=O)(c3ccccc3)OC(=O)C2SCc2ccccc2)CC1. The fraction of sp³-hybridized carbons (Fsp3) is 0.481. The summed E-state index contributed by atoms with van der Waals surface area (Å²) in [5.41, 5.74) is -0.351. The van der Waals surface area contributed by atoms with Crippen LogP contribution >= 0.6 is 11.8 Å². The lowest BCUT2D eigenvalue weighted by molar-refractivity contribution is -0.224. The molecule has 0 amide bonds.